The van der Waals surface area contributed by atoms with Crippen LogP contribution in [0.5, 0.6) is 0 Å². The number of nitrogens with two attached hydrogens (primary N) is 2. The van der Waals surface area contributed by atoms with Crippen molar-refractivity contribution in [3.8, 4) is 0 Å². The molecule has 0 aromatic rings. The molecule has 0 saturated heterocycles. The summed E-state index contributed by atoms with van der Waals surface area (Å²) in [7, 11) is 0. The quantitative estimate of drug-likeness (QED) is 0.259. The van der Waals surface area contributed by atoms with Crippen LogP contribution in [-0.4, -0.2) is 26.4 Å². The monoisotopic (exact) mass is 132 g/mol. The fraction of sp³-hybridized carbons (Fsp3) is 1.00. The van der Waals surface area contributed by atoms with Gasteiger partial charge in [0.1, 0.15) is 0 Å². The average molecular weight is 132 g/mol. The Kier molecular flexibility index (Phi) is 7.70. The lowest BCUT2D eigenvalue weighted by atomic mass is 10.4. The van der Waals surface area contributed by atoms with Crippen LogP contribution in [0.25, 0.3) is 0 Å². The molecule has 0 aromatic heterocycles. The highest BCUT2D eigenvalue weighted by Gasteiger charge is 1.81. The molecule has 6 N–H and O–H groups in total. The summed E-state index contributed by atoms with van der Waals surface area (Å²) < 4.78 is 0. The number of rotatable bonds is 6. The van der Waals surface area contributed by atoms with Crippen LogP contribution in [0.15, 0.2) is 0 Å². The molecule has 0 heterocycles. The molecule has 9 heavy (non-hydrogen) atoms. The van der Waals surface area contributed by atoms with E-state index in [-0.39, 0.29) is 0 Å². The third kappa shape index (κ3) is 7.84. The van der Waals surface area contributed by atoms with Gasteiger partial charge >= 0.3 is 0 Å². The highest BCUT2D eigenvalue weighted by Crippen LogP contribution is 1.65. The van der Waals surface area contributed by atoms with Crippen molar-refractivity contribution in [2.24, 2.45) is 11.5 Å². The molecular formula is C5H16N4. The number of hydrogen-bond acceptors (Lipinski definition) is 4. The van der Waals surface area contributed by atoms with Crippen LogP contribution in [0.4, 0.5) is 0 Å². The maximum atomic E-state index is 5.26. The summed E-state index contributed by atoms with van der Waals surface area (Å²) >= 11 is 0. The Bertz CT molecular complexity index is 42.2. The van der Waals surface area contributed by atoms with E-state index in [1.54, 1.807) is 0 Å². The molecule has 0 aliphatic carbocycles. The zero-order chi connectivity index (χ0) is 6.95. The van der Waals surface area contributed by atoms with Crippen molar-refractivity contribution in [1.82, 2.24) is 10.6 Å². The second-order valence-electron chi connectivity index (χ2n) is 1.77. The molecule has 4 nitrogen and oxygen atoms in total. The van der Waals surface area contributed by atoms with E-state index in [1.807, 2.05) is 0 Å². The van der Waals surface area contributed by atoms with Gasteiger partial charge in [0.2, 0.25) is 0 Å². The first-order chi connectivity index (χ1) is 4.41. The Morgan fingerprint density at radius 1 is 1.11 bits per heavy atom. The summed E-state index contributed by atoms with van der Waals surface area (Å²) in [4.78, 5) is 0. The molecule has 0 aromatic carbocycles. The minimum Gasteiger partial charge on any atom is -0.330 e. The number of hydrogen-bond donors (Lipinski definition) is 4. The smallest absolute Gasteiger partial charge is 0.0464 e. The van der Waals surface area contributed by atoms with Gasteiger partial charge in [0.15, 0.2) is 0 Å². The van der Waals surface area contributed by atoms with Gasteiger partial charge in [-0.3, -0.25) is 5.32 Å². The molecule has 56 valence electrons. The fourth-order valence-electron chi connectivity index (χ4n) is 0.476. The van der Waals surface area contributed by atoms with Gasteiger partial charge in [-0.15, -0.1) is 0 Å². The van der Waals surface area contributed by atoms with Crippen molar-refractivity contribution in [2.75, 3.05) is 26.4 Å². The van der Waals surface area contributed by atoms with E-state index in [2.05, 4.69) is 10.6 Å². The molecule has 0 unspecified atom stereocenters. The standard InChI is InChI=1S/C5H16N4/c6-2-1-3-8-5-9-4-7/h8-9H,1-7H2. The van der Waals surface area contributed by atoms with Gasteiger partial charge in [0, 0.05) is 13.3 Å². The third-order valence-electron chi connectivity index (χ3n) is 0.952. The van der Waals surface area contributed by atoms with Gasteiger partial charge in [0.25, 0.3) is 0 Å². The van der Waals surface area contributed by atoms with Crippen LogP contribution in [-0.2, 0) is 0 Å². The molecule has 4 heteroatoms. The average Bonchev–Trinajstić information content (AvgIpc) is 1.89. The predicted octanol–water partition coefficient (Wildman–Crippen LogP) is -1.61. The molecule has 0 aliphatic rings. The minimum atomic E-state index is 0.523. The SMILES string of the molecule is NCCCNCNCN. The summed E-state index contributed by atoms with van der Waals surface area (Å²) in [5.41, 5.74) is 10.4. The van der Waals surface area contributed by atoms with Gasteiger partial charge in [0.05, 0.1) is 0 Å². The first-order valence-electron chi connectivity index (χ1n) is 3.23. The molecule has 0 saturated carbocycles. The molecule has 0 atom stereocenters. The highest BCUT2D eigenvalue weighted by molar-refractivity contribution is 4.44. The van der Waals surface area contributed by atoms with Gasteiger partial charge in [-0.25, -0.2) is 0 Å². The van der Waals surface area contributed by atoms with Crippen molar-refractivity contribution < 1.29 is 0 Å². The highest BCUT2D eigenvalue weighted by atomic mass is 15.1. The molecule has 0 spiro atoms. The maximum Gasteiger partial charge on any atom is 0.0464 e. The van der Waals surface area contributed by atoms with Gasteiger partial charge < -0.3 is 16.8 Å². The van der Waals surface area contributed by atoms with Crippen LogP contribution < -0.4 is 22.1 Å². The molecule has 0 radical (unpaired) electrons. The minimum absolute atomic E-state index is 0.523. The van der Waals surface area contributed by atoms with Crippen molar-refractivity contribution >= 4 is 0 Å². The van der Waals surface area contributed by atoms with E-state index < -0.39 is 0 Å². The molecule has 0 amide bonds. The Balaban J connectivity index is 2.60. The van der Waals surface area contributed by atoms with Gasteiger partial charge in [-0.1, -0.05) is 0 Å². The maximum absolute atomic E-state index is 5.26. The Morgan fingerprint density at radius 2 is 1.89 bits per heavy atom. The fourth-order valence-corrected chi connectivity index (χ4v) is 0.476. The second kappa shape index (κ2) is 7.84. The normalized spacial score (nSPS) is 10.0. The van der Waals surface area contributed by atoms with E-state index >= 15 is 0 Å². The topological polar surface area (TPSA) is 76.1 Å². The van der Waals surface area contributed by atoms with Gasteiger partial charge in [-0.05, 0) is 19.5 Å². The van der Waals surface area contributed by atoms with E-state index in [0.717, 1.165) is 26.2 Å². The van der Waals surface area contributed by atoms with Gasteiger partial charge in [-0.2, -0.15) is 0 Å². The van der Waals surface area contributed by atoms with E-state index in [0.29, 0.717) is 6.67 Å². The van der Waals surface area contributed by atoms with E-state index in [1.165, 1.54) is 0 Å². The van der Waals surface area contributed by atoms with E-state index in [9.17, 15) is 0 Å². The van der Waals surface area contributed by atoms with Crippen molar-refractivity contribution in [2.45, 2.75) is 6.42 Å². The molecule has 0 bridgehead atoms. The Hall–Kier alpha value is -0.160. The predicted molar refractivity (Wildman–Crippen MR) is 38.7 cm³/mol. The lowest BCUT2D eigenvalue weighted by Crippen LogP contribution is -2.33. The summed E-state index contributed by atoms with van der Waals surface area (Å²) in [6.07, 6.45) is 1.02. The lowest BCUT2D eigenvalue weighted by Gasteiger charge is -2.02. The zero-order valence-electron chi connectivity index (χ0n) is 5.69. The van der Waals surface area contributed by atoms with Crippen molar-refractivity contribution in [1.29, 1.82) is 0 Å². The summed E-state index contributed by atoms with van der Waals surface area (Å²) in [6, 6.07) is 0. The second-order valence-corrected chi connectivity index (χ2v) is 1.77. The molecule has 0 aliphatic heterocycles. The van der Waals surface area contributed by atoms with Crippen molar-refractivity contribution in [3.05, 3.63) is 0 Å². The molecular weight excluding hydrogens is 116 g/mol. The van der Waals surface area contributed by atoms with Crippen LogP contribution in [0.1, 0.15) is 6.42 Å². The molecule has 0 rings (SSSR count). The lowest BCUT2D eigenvalue weighted by molar-refractivity contribution is 0.579. The van der Waals surface area contributed by atoms with E-state index in [4.69, 9.17) is 11.5 Å². The summed E-state index contributed by atoms with van der Waals surface area (Å²) in [5, 5.41) is 6.05. The summed E-state index contributed by atoms with van der Waals surface area (Å²) in [5.74, 6) is 0. The summed E-state index contributed by atoms with van der Waals surface area (Å²) in [6.45, 7) is 3.01. The first-order valence-corrected chi connectivity index (χ1v) is 3.23. The third-order valence-corrected chi connectivity index (χ3v) is 0.952. The van der Waals surface area contributed by atoms with Crippen LogP contribution in [0.2, 0.25) is 0 Å². The first kappa shape index (κ1) is 8.84. The van der Waals surface area contributed by atoms with Crippen LogP contribution in [0.3, 0.4) is 0 Å². The zero-order valence-corrected chi connectivity index (χ0v) is 5.69. The molecule has 0 fully saturated rings. The van der Waals surface area contributed by atoms with Crippen LogP contribution >= 0.6 is 0 Å². The van der Waals surface area contributed by atoms with Crippen LogP contribution in [0, 0.1) is 0 Å². The Labute approximate surface area is 56.0 Å². The number of nitrogens with one attached hydrogen (secondary N) is 2. The Morgan fingerprint density at radius 3 is 2.44 bits per heavy atom. The largest absolute Gasteiger partial charge is 0.330 e. The van der Waals surface area contributed by atoms with Crippen molar-refractivity contribution in [3.63, 3.8) is 0 Å².